The van der Waals surface area contributed by atoms with E-state index in [1.165, 1.54) is 0 Å². The summed E-state index contributed by atoms with van der Waals surface area (Å²) >= 11 is 0. The number of hydrogen-bond donors (Lipinski definition) is 0. The summed E-state index contributed by atoms with van der Waals surface area (Å²) < 4.78 is 10.7. The predicted molar refractivity (Wildman–Crippen MR) is 133 cm³/mol. The number of fused-ring (bicyclic) bond motifs is 7. The van der Waals surface area contributed by atoms with Gasteiger partial charge in [0.05, 0.1) is 27.8 Å². The van der Waals surface area contributed by atoms with E-state index in [0.29, 0.717) is 0 Å². The Bertz CT molecular complexity index is 1960. The number of ether oxygens (including phenoxy) is 1. The molecular formula is C28H17N5O. The largest absolute Gasteiger partial charge is 0.453 e. The first-order chi connectivity index (χ1) is 16.8. The van der Waals surface area contributed by atoms with Crippen LogP contribution in [-0.4, -0.2) is 23.9 Å². The molecule has 0 aliphatic carbocycles. The molecule has 0 unspecified atom stereocenters. The number of hydrogen-bond acceptors (Lipinski definition) is 4. The lowest BCUT2D eigenvalue weighted by Gasteiger charge is -2.21. The van der Waals surface area contributed by atoms with E-state index >= 15 is 0 Å². The summed E-state index contributed by atoms with van der Waals surface area (Å²) in [7, 11) is 0. The predicted octanol–water partition coefficient (Wildman–Crippen LogP) is 6.46. The van der Waals surface area contributed by atoms with Gasteiger partial charge in [-0.15, -0.1) is 0 Å². The van der Waals surface area contributed by atoms with Crippen molar-refractivity contribution in [2.45, 2.75) is 6.92 Å². The summed E-state index contributed by atoms with van der Waals surface area (Å²) in [5, 5.41) is 1.03. The number of aryl methyl sites for hydroxylation is 1. The first-order valence-electron chi connectivity index (χ1n) is 11.2. The zero-order valence-electron chi connectivity index (χ0n) is 18.2. The number of aromatic nitrogens is 5. The Hall–Kier alpha value is -4.71. The smallest absolute Gasteiger partial charge is 0.153 e. The van der Waals surface area contributed by atoms with E-state index in [1.54, 1.807) is 0 Å². The average Bonchev–Trinajstić information content (AvgIpc) is 3.43. The van der Waals surface area contributed by atoms with Gasteiger partial charge in [0.25, 0.3) is 0 Å². The Kier molecular flexibility index (Phi) is 3.25. The third kappa shape index (κ3) is 2.21. The average molecular weight is 439 g/mol. The Morgan fingerprint density at radius 3 is 2.47 bits per heavy atom. The molecule has 160 valence electrons. The van der Waals surface area contributed by atoms with Crippen molar-refractivity contribution >= 4 is 38.6 Å². The van der Waals surface area contributed by atoms with E-state index in [9.17, 15) is 0 Å². The summed E-state index contributed by atoms with van der Waals surface area (Å²) in [6.07, 6.45) is 0. The summed E-state index contributed by atoms with van der Waals surface area (Å²) in [5.74, 6) is 3.37. The van der Waals surface area contributed by atoms with Crippen LogP contribution in [0.25, 0.3) is 55.7 Å². The molecule has 0 saturated carbocycles. The van der Waals surface area contributed by atoms with Crippen LogP contribution in [0, 0.1) is 6.92 Å². The first-order valence-corrected chi connectivity index (χ1v) is 11.2. The van der Waals surface area contributed by atoms with Crippen molar-refractivity contribution in [1.29, 1.82) is 0 Å². The highest BCUT2D eigenvalue weighted by Gasteiger charge is 2.24. The highest BCUT2D eigenvalue weighted by Crippen LogP contribution is 2.43. The van der Waals surface area contributed by atoms with Gasteiger partial charge in [0, 0.05) is 10.9 Å². The fourth-order valence-electron chi connectivity index (χ4n) is 5.17. The molecule has 34 heavy (non-hydrogen) atoms. The van der Waals surface area contributed by atoms with Crippen molar-refractivity contribution in [2.75, 3.05) is 0 Å². The van der Waals surface area contributed by atoms with Crippen molar-refractivity contribution < 1.29 is 4.74 Å². The summed E-state index contributed by atoms with van der Waals surface area (Å²) in [6, 6.07) is 28.6. The zero-order chi connectivity index (χ0) is 22.4. The lowest BCUT2D eigenvalue weighted by molar-refractivity contribution is 0.475. The fraction of sp³-hybridized carbons (Fsp3) is 0.0357. The first kappa shape index (κ1) is 17.8. The molecular weight excluding hydrogens is 422 g/mol. The number of rotatable bonds is 1. The van der Waals surface area contributed by atoms with Crippen LogP contribution in [0.5, 0.6) is 11.5 Å². The van der Waals surface area contributed by atoms with Crippen LogP contribution >= 0.6 is 0 Å². The minimum absolute atomic E-state index is 0.783. The normalized spacial score (nSPS) is 12.5. The van der Waals surface area contributed by atoms with Crippen LogP contribution in [0.15, 0.2) is 84.9 Å². The maximum atomic E-state index is 6.38. The fourth-order valence-corrected chi connectivity index (χ4v) is 5.17. The van der Waals surface area contributed by atoms with Gasteiger partial charge in [-0.25, -0.2) is 15.0 Å². The second-order valence-electron chi connectivity index (χ2n) is 8.61. The van der Waals surface area contributed by atoms with E-state index in [0.717, 1.165) is 73.0 Å². The molecule has 3 aromatic heterocycles. The van der Waals surface area contributed by atoms with Crippen molar-refractivity contribution in [2.24, 2.45) is 0 Å². The SMILES string of the molecule is Cc1nc2cccc3c2n1-c1ccc(-c2nc4ccccc4c4nc5ccccc5n24)cc1O3. The van der Waals surface area contributed by atoms with Gasteiger partial charge in [-0.05, 0) is 61.5 Å². The topological polar surface area (TPSA) is 57.2 Å². The summed E-state index contributed by atoms with van der Waals surface area (Å²) in [5.41, 5.74) is 7.68. The van der Waals surface area contributed by atoms with E-state index in [4.69, 9.17) is 19.7 Å². The highest BCUT2D eigenvalue weighted by molar-refractivity contribution is 5.98. The second-order valence-corrected chi connectivity index (χ2v) is 8.61. The highest BCUT2D eigenvalue weighted by atomic mass is 16.5. The Labute approximate surface area is 193 Å². The van der Waals surface area contributed by atoms with E-state index in [2.05, 4.69) is 39.3 Å². The summed E-state index contributed by atoms with van der Waals surface area (Å²) in [6.45, 7) is 2.03. The quantitative estimate of drug-likeness (QED) is 0.295. The van der Waals surface area contributed by atoms with Crippen LogP contribution < -0.4 is 4.74 Å². The van der Waals surface area contributed by atoms with E-state index < -0.39 is 0 Å². The number of para-hydroxylation sites is 4. The van der Waals surface area contributed by atoms with Crippen molar-refractivity contribution in [3.8, 4) is 28.6 Å². The molecule has 0 spiro atoms. The lowest BCUT2D eigenvalue weighted by atomic mass is 10.1. The number of nitrogens with zero attached hydrogens (tertiary/aromatic N) is 5. The van der Waals surface area contributed by atoms with Gasteiger partial charge >= 0.3 is 0 Å². The number of imidazole rings is 2. The minimum Gasteiger partial charge on any atom is -0.453 e. The van der Waals surface area contributed by atoms with Gasteiger partial charge in [-0.3, -0.25) is 8.97 Å². The monoisotopic (exact) mass is 439 g/mol. The third-order valence-corrected chi connectivity index (χ3v) is 6.63. The molecule has 6 heteroatoms. The second kappa shape index (κ2) is 6.20. The van der Waals surface area contributed by atoms with Crippen LogP contribution in [0.1, 0.15) is 5.82 Å². The number of benzene rings is 4. The molecule has 0 bridgehead atoms. The van der Waals surface area contributed by atoms with Gasteiger partial charge in [0.2, 0.25) is 0 Å². The minimum atomic E-state index is 0.783. The maximum Gasteiger partial charge on any atom is 0.153 e. The van der Waals surface area contributed by atoms with E-state index in [-0.39, 0.29) is 0 Å². The van der Waals surface area contributed by atoms with Crippen LogP contribution in [0.2, 0.25) is 0 Å². The van der Waals surface area contributed by atoms with Gasteiger partial charge in [0.1, 0.15) is 22.8 Å². The lowest BCUT2D eigenvalue weighted by Crippen LogP contribution is -2.06. The van der Waals surface area contributed by atoms with Crippen LogP contribution in [0.4, 0.5) is 0 Å². The van der Waals surface area contributed by atoms with Crippen LogP contribution in [0.3, 0.4) is 0 Å². The maximum absolute atomic E-state index is 6.38. The summed E-state index contributed by atoms with van der Waals surface area (Å²) in [4.78, 5) is 14.8. The molecule has 1 aliphatic heterocycles. The Morgan fingerprint density at radius 1 is 0.706 bits per heavy atom. The molecule has 0 N–H and O–H groups in total. The molecule has 6 nitrogen and oxygen atoms in total. The van der Waals surface area contributed by atoms with Crippen molar-refractivity contribution in [1.82, 2.24) is 23.9 Å². The molecule has 4 heterocycles. The zero-order valence-corrected chi connectivity index (χ0v) is 18.2. The van der Waals surface area contributed by atoms with Crippen LogP contribution in [-0.2, 0) is 0 Å². The van der Waals surface area contributed by atoms with Gasteiger partial charge in [0.15, 0.2) is 11.5 Å². The molecule has 4 aromatic carbocycles. The Balaban J connectivity index is 1.44. The van der Waals surface area contributed by atoms with Crippen molar-refractivity contribution in [3.05, 3.63) is 90.8 Å². The van der Waals surface area contributed by atoms with Gasteiger partial charge in [-0.2, -0.15) is 0 Å². The standard InChI is InChI=1S/C28H17N5O/c1-16-29-21-10-6-12-24-26(21)32(16)23-14-13-17(15-25(23)34-24)27-30-19-8-3-2-7-18(19)28-31-20-9-4-5-11-22(20)33(27)28/h2-15H,1H3. The van der Waals surface area contributed by atoms with Gasteiger partial charge in [-0.1, -0.05) is 30.3 Å². The van der Waals surface area contributed by atoms with E-state index in [1.807, 2.05) is 61.5 Å². The molecule has 8 rings (SSSR count). The molecule has 7 aromatic rings. The van der Waals surface area contributed by atoms with Gasteiger partial charge < -0.3 is 4.74 Å². The molecule has 0 fully saturated rings. The third-order valence-electron chi connectivity index (χ3n) is 6.63. The van der Waals surface area contributed by atoms with Crippen molar-refractivity contribution in [3.63, 3.8) is 0 Å². The Morgan fingerprint density at radius 2 is 1.53 bits per heavy atom. The molecule has 1 aliphatic rings. The molecule has 0 radical (unpaired) electrons. The molecule has 0 saturated heterocycles. The molecule has 0 atom stereocenters. The molecule has 0 amide bonds.